The van der Waals surface area contributed by atoms with E-state index in [9.17, 15) is 14.4 Å². The number of nitrogens with zero attached hydrogens (tertiary/aromatic N) is 2. The minimum atomic E-state index is -1.08. The SMILES string of the molecule is CO[N+]12OC(=O)[C@@]13C[C@H](C2=O)N(C(=O)c1ccccc1)C3. The summed E-state index contributed by atoms with van der Waals surface area (Å²) in [6.07, 6.45) is 0.261. The summed E-state index contributed by atoms with van der Waals surface area (Å²) in [6, 6.07) is 8.03. The Morgan fingerprint density at radius 1 is 1.38 bits per heavy atom. The zero-order valence-electron chi connectivity index (χ0n) is 11.3. The van der Waals surface area contributed by atoms with Gasteiger partial charge < -0.3 is 4.90 Å². The molecule has 1 aromatic carbocycles. The van der Waals surface area contributed by atoms with Crippen molar-refractivity contribution in [3.8, 4) is 0 Å². The molecule has 3 saturated heterocycles. The van der Waals surface area contributed by atoms with Gasteiger partial charge in [-0.15, -0.1) is 0 Å². The van der Waals surface area contributed by atoms with Crippen LogP contribution in [-0.2, 0) is 19.3 Å². The van der Waals surface area contributed by atoms with E-state index in [-0.39, 0.29) is 18.9 Å². The summed E-state index contributed by atoms with van der Waals surface area (Å²) in [5, 5.41) is 0. The maximum absolute atomic E-state index is 12.5. The highest BCUT2D eigenvalue weighted by Crippen LogP contribution is 2.54. The summed E-state index contributed by atoms with van der Waals surface area (Å²) in [6.45, 7) is 0.143. The first kappa shape index (κ1) is 12.5. The molecule has 3 fully saturated rings. The van der Waals surface area contributed by atoms with Gasteiger partial charge in [0, 0.05) is 5.56 Å². The van der Waals surface area contributed by atoms with Crippen LogP contribution in [0.1, 0.15) is 16.8 Å². The molecule has 3 aliphatic rings. The summed E-state index contributed by atoms with van der Waals surface area (Å²) in [4.78, 5) is 47.7. The summed E-state index contributed by atoms with van der Waals surface area (Å²) in [5.41, 5.74) is -0.585. The van der Waals surface area contributed by atoms with Gasteiger partial charge >= 0.3 is 17.4 Å². The minimum absolute atomic E-state index is 0.143. The fourth-order valence-electron chi connectivity index (χ4n) is 3.55. The standard InChI is InChI=1S/C14H13N2O5/c1-20-16-12(18)10-7-14(16,13(19)21-16)8-15(10)11(17)9-5-3-2-4-6-9/h2-6,10H,7-8H2,1H3/q+1/t10-,14+,16?/m1/s1. The van der Waals surface area contributed by atoms with Crippen LogP contribution in [0, 0.1) is 0 Å². The average molecular weight is 289 g/mol. The van der Waals surface area contributed by atoms with E-state index in [1.54, 1.807) is 24.3 Å². The molecule has 7 heteroatoms. The fourth-order valence-corrected chi connectivity index (χ4v) is 3.55. The van der Waals surface area contributed by atoms with E-state index in [4.69, 9.17) is 9.68 Å². The molecule has 1 spiro atoms. The Labute approximate surface area is 120 Å². The molecule has 2 bridgehead atoms. The molecule has 3 atom stereocenters. The molecule has 0 aromatic heterocycles. The van der Waals surface area contributed by atoms with Crippen LogP contribution in [0.2, 0.25) is 0 Å². The summed E-state index contributed by atoms with van der Waals surface area (Å²) >= 11 is 0. The van der Waals surface area contributed by atoms with Gasteiger partial charge in [0.05, 0.1) is 17.8 Å². The third-order valence-electron chi connectivity index (χ3n) is 4.61. The van der Waals surface area contributed by atoms with Gasteiger partial charge in [-0.25, -0.2) is 14.4 Å². The molecular weight excluding hydrogens is 276 g/mol. The van der Waals surface area contributed by atoms with Crippen molar-refractivity contribution in [2.75, 3.05) is 13.7 Å². The Kier molecular flexibility index (Phi) is 2.19. The molecule has 21 heavy (non-hydrogen) atoms. The number of hydrogen-bond donors (Lipinski definition) is 0. The van der Waals surface area contributed by atoms with Crippen molar-refractivity contribution >= 4 is 17.8 Å². The quantitative estimate of drug-likeness (QED) is 0.718. The number of amides is 2. The highest BCUT2D eigenvalue weighted by atomic mass is 17.0. The Morgan fingerprint density at radius 2 is 2.10 bits per heavy atom. The predicted octanol–water partition coefficient (Wildman–Crippen LogP) is 0.0301. The lowest BCUT2D eigenvalue weighted by Crippen LogP contribution is -2.81. The molecule has 7 nitrogen and oxygen atoms in total. The van der Waals surface area contributed by atoms with Gasteiger partial charge in [0.25, 0.3) is 5.91 Å². The molecule has 0 saturated carbocycles. The van der Waals surface area contributed by atoms with Gasteiger partial charge in [0.15, 0.2) is 6.04 Å². The van der Waals surface area contributed by atoms with Crippen molar-refractivity contribution in [3.63, 3.8) is 0 Å². The monoisotopic (exact) mass is 289 g/mol. The van der Waals surface area contributed by atoms with E-state index < -0.39 is 28.3 Å². The molecule has 3 aliphatic heterocycles. The molecule has 1 aromatic rings. The average Bonchev–Trinajstić information content (AvgIpc) is 3.02. The first-order chi connectivity index (χ1) is 10.1. The number of benzene rings is 1. The lowest BCUT2D eigenvalue weighted by molar-refractivity contribution is -1.23. The normalized spacial score (nSPS) is 36.2. The van der Waals surface area contributed by atoms with Crippen LogP contribution in [0.5, 0.6) is 0 Å². The van der Waals surface area contributed by atoms with Crippen molar-refractivity contribution in [1.82, 2.24) is 4.90 Å². The number of hydroxylamine groups is 4. The highest BCUT2D eigenvalue weighted by Gasteiger charge is 2.89. The minimum Gasteiger partial charge on any atom is -0.315 e. The Morgan fingerprint density at radius 3 is 2.71 bits per heavy atom. The number of fused-ring (bicyclic) bond motifs is 1. The summed E-state index contributed by atoms with van der Waals surface area (Å²) < 4.78 is 0. The largest absolute Gasteiger partial charge is 0.441 e. The van der Waals surface area contributed by atoms with Gasteiger partial charge in [-0.1, -0.05) is 18.2 Å². The number of carbonyl (C=O) groups excluding carboxylic acids is 3. The number of piperazine rings is 1. The highest BCUT2D eigenvalue weighted by molar-refractivity contribution is 6.02. The molecule has 4 rings (SSSR count). The third-order valence-corrected chi connectivity index (χ3v) is 4.61. The van der Waals surface area contributed by atoms with Crippen molar-refractivity contribution in [1.29, 1.82) is 0 Å². The van der Waals surface area contributed by atoms with Crippen LogP contribution in [0.3, 0.4) is 0 Å². The Hall–Kier alpha value is -2.25. The van der Waals surface area contributed by atoms with Crippen molar-refractivity contribution in [2.24, 2.45) is 0 Å². The molecule has 2 amide bonds. The summed E-state index contributed by atoms with van der Waals surface area (Å²) in [7, 11) is 1.33. The first-order valence-electron chi connectivity index (χ1n) is 6.65. The molecule has 0 aliphatic carbocycles. The second-order valence-electron chi connectivity index (χ2n) is 5.50. The van der Waals surface area contributed by atoms with Gasteiger partial charge in [-0.05, 0) is 12.1 Å². The second kappa shape index (κ2) is 3.69. The lowest BCUT2D eigenvalue weighted by atomic mass is 9.97. The van der Waals surface area contributed by atoms with Crippen LogP contribution in [-0.4, -0.2) is 52.7 Å². The van der Waals surface area contributed by atoms with E-state index >= 15 is 0 Å². The Balaban J connectivity index is 1.70. The van der Waals surface area contributed by atoms with Crippen molar-refractivity contribution < 1.29 is 28.9 Å². The van der Waals surface area contributed by atoms with Crippen LogP contribution in [0.4, 0.5) is 0 Å². The molecular formula is C14H13N2O5+. The predicted molar refractivity (Wildman–Crippen MR) is 67.0 cm³/mol. The van der Waals surface area contributed by atoms with Crippen LogP contribution in [0.25, 0.3) is 0 Å². The van der Waals surface area contributed by atoms with Crippen LogP contribution in [0.15, 0.2) is 30.3 Å². The zero-order valence-corrected chi connectivity index (χ0v) is 11.3. The molecule has 0 radical (unpaired) electrons. The van der Waals surface area contributed by atoms with E-state index in [1.807, 2.05) is 6.07 Å². The molecule has 1 unspecified atom stereocenters. The van der Waals surface area contributed by atoms with E-state index in [0.717, 1.165) is 0 Å². The Bertz CT molecular complexity index is 675. The molecule has 3 heterocycles. The van der Waals surface area contributed by atoms with E-state index in [0.29, 0.717) is 5.56 Å². The number of hydrogen-bond acceptors (Lipinski definition) is 5. The van der Waals surface area contributed by atoms with E-state index in [2.05, 4.69) is 0 Å². The first-order valence-corrected chi connectivity index (χ1v) is 6.65. The lowest BCUT2D eigenvalue weighted by Gasteiger charge is -2.46. The van der Waals surface area contributed by atoms with Gasteiger partial charge in [0.2, 0.25) is 0 Å². The molecule has 108 valence electrons. The van der Waals surface area contributed by atoms with Crippen molar-refractivity contribution in [2.45, 2.75) is 18.0 Å². The zero-order chi connectivity index (χ0) is 14.8. The number of rotatable bonds is 2. The fraction of sp³-hybridized carbons (Fsp3) is 0.357. The number of carbonyl (C=O) groups is 3. The van der Waals surface area contributed by atoms with Crippen molar-refractivity contribution in [3.05, 3.63) is 35.9 Å². The maximum atomic E-state index is 12.5. The smallest absolute Gasteiger partial charge is 0.315 e. The number of quaternary nitrogens is 1. The summed E-state index contributed by atoms with van der Waals surface area (Å²) in [5.74, 6) is -1.13. The van der Waals surface area contributed by atoms with Gasteiger partial charge in [-0.3, -0.25) is 4.79 Å². The second-order valence-corrected chi connectivity index (χ2v) is 5.50. The number of likely N-dealkylation sites (tertiary alicyclic amines) is 1. The molecule has 0 N–H and O–H groups in total. The third kappa shape index (κ3) is 1.19. The topological polar surface area (TPSA) is 72.9 Å². The van der Waals surface area contributed by atoms with Crippen LogP contribution >= 0.6 is 0 Å². The van der Waals surface area contributed by atoms with E-state index in [1.165, 1.54) is 12.0 Å². The van der Waals surface area contributed by atoms with Gasteiger partial charge in [0.1, 0.15) is 7.11 Å². The van der Waals surface area contributed by atoms with Crippen LogP contribution < -0.4 is 0 Å². The maximum Gasteiger partial charge on any atom is 0.441 e. The van der Waals surface area contributed by atoms with Gasteiger partial charge in [-0.2, -0.15) is 4.84 Å².